The number of ether oxygens (including phenoxy) is 1. The van der Waals surface area contributed by atoms with Gasteiger partial charge in [0.25, 0.3) is 0 Å². The number of sulfonamides is 1. The van der Waals surface area contributed by atoms with Crippen LogP contribution < -0.4 is 4.72 Å². The summed E-state index contributed by atoms with van der Waals surface area (Å²) in [7, 11) is -2.42. The fraction of sp³-hybridized carbons (Fsp3) is 0.214. The Bertz CT molecular complexity index is 768. The highest BCUT2D eigenvalue weighted by molar-refractivity contribution is 7.89. The maximum atomic E-state index is 12.3. The lowest BCUT2D eigenvalue weighted by molar-refractivity contribution is 0.0600. The summed E-state index contributed by atoms with van der Waals surface area (Å²) in [5, 5.41) is 0. The molecule has 8 heteroatoms. The van der Waals surface area contributed by atoms with Crippen molar-refractivity contribution in [2.24, 2.45) is 0 Å². The molecule has 0 bridgehead atoms. The largest absolute Gasteiger partial charge is 0.465 e. The lowest BCUT2D eigenvalue weighted by Gasteiger charge is -2.13. The molecule has 2 rings (SSSR count). The van der Waals surface area contributed by atoms with E-state index in [4.69, 9.17) is 11.6 Å². The lowest BCUT2D eigenvalue weighted by atomic mass is 10.2. The van der Waals surface area contributed by atoms with E-state index in [0.29, 0.717) is 9.90 Å². The average Bonchev–Trinajstić information content (AvgIpc) is 2.93. The Morgan fingerprint density at radius 1 is 1.23 bits per heavy atom. The van der Waals surface area contributed by atoms with Gasteiger partial charge in [-0.3, -0.25) is 0 Å². The molecule has 1 heterocycles. The highest BCUT2D eigenvalue weighted by atomic mass is 35.5. The molecule has 0 aliphatic carbocycles. The van der Waals surface area contributed by atoms with E-state index < -0.39 is 22.0 Å². The van der Waals surface area contributed by atoms with Crippen molar-refractivity contribution in [2.75, 3.05) is 7.11 Å². The third-order valence-electron chi connectivity index (χ3n) is 2.94. The SMILES string of the molecule is COC(=O)c1ccc(S(=O)(=O)NC(C)c2ccc(Cl)s2)cc1. The van der Waals surface area contributed by atoms with E-state index in [1.165, 1.54) is 42.7 Å². The van der Waals surface area contributed by atoms with E-state index in [9.17, 15) is 13.2 Å². The molecule has 0 radical (unpaired) electrons. The van der Waals surface area contributed by atoms with Crippen molar-refractivity contribution in [2.45, 2.75) is 17.9 Å². The number of carbonyl (C=O) groups is 1. The Morgan fingerprint density at radius 3 is 2.36 bits per heavy atom. The molecule has 22 heavy (non-hydrogen) atoms. The summed E-state index contributed by atoms with van der Waals surface area (Å²) >= 11 is 7.17. The Balaban J connectivity index is 2.18. The normalized spacial score (nSPS) is 12.9. The van der Waals surface area contributed by atoms with Crippen molar-refractivity contribution >= 4 is 38.9 Å². The zero-order chi connectivity index (χ0) is 16.3. The van der Waals surface area contributed by atoms with E-state index in [1.54, 1.807) is 19.1 Å². The lowest BCUT2D eigenvalue weighted by Crippen LogP contribution is -2.26. The van der Waals surface area contributed by atoms with Gasteiger partial charge in [-0.2, -0.15) is 0 Å². The number of thiophene rings is 1. The third-order valence-corrected chi connectivity index (χ3v) is 5.91. The molecule has 0 fully saturated rings. The van der Waals surface area contributed by atoms with Crippen molar-refractivity contribution < 1.29 is 17.9 Å². The number of esters is 1. The molecule has 1 aromatic carbocycles. The fourth-order valence-corrected chi connectivity index (χ4v) is 4.17. The van der Waals surface area contributed by atoms with Gasteiger partial charge in [0.05, 0.1) is 27.9 Å². The van der Waals surface area contributed by atoms with Crippen LogP contribution >= 0.6 is 22.9 Å². The first kappa shape index (κ1) is 17.0. The zero-order valence-corrected chi connectivity index (χ0v) is 14.3. The maximum absolute atomic E-state index is 12.3. The monoisotopic (exact) mass is 359 g/mol. The molecule has 1 aromatic heterocycles. The van der Waals surface area contributed by atoms with Crippen LogP contribution in [-0.4, -0.2) is 21.5 Å². The molecule has 2 aromatic rings. The topological polar surface area (TPSA) is 72.5 Å². The van der Waals surface area contributed by atoms with Crippen molar-refractivity contribution in [3.63, 3.8) is 0 Å². The minimum atomic E-state index is -3.69. The maximum Gasteiger partial charge on any atom is 0.337 e. The van der Waals surface area contributed by atoms with Crippen LogP contribution in [-0.2, 0) is 14.8 Å². The Labute approximate surface area is 137 Å². The van der Waals surface area contributed by atoms with E-state index in [0.717, 1.165) is 4.88 Å². The minimum absolute atomic E-state index is 0.0784. The van der Waals surface area contributed by atoms with E-state index in [-0.39, 0.29) is 4.90 Å². The molecular formula is C14H14ClNO4S2. The molecule has 1 atom stereocenters. The second kappa shape index (κ2) is 6.78. The Hall–Kier alpha value is -1.41. The molecule has 5 nitrogen and oxygen atoms in total. The summed E-state index contributed by atoms with van der Waals surface area (Å²) in [4.78, 5) is 12.2. The van der Waals surface area contributed by atoms with Crippen LogP contribution in [0.1, 0.15) is 28.2 Å². The molecule has 0 amide bonds. The van der Waals surface area contributed by atoms with Gasteiger partial charge >= 0.3 is 5.97 Å². The van der Waals surface area contributed by atoms with Gasteiger partial charge < -0.3 is 4.74 Å². The van der Waals surface area contributed by atoms with Gasteiger partial charge in [-0.1, -0.05) is 11.6 Å². The molecule has 0 spiro atoms. The fourth-order valence-electron chi connectivity index (χ4n) is 1.81. The quantitative estimate of drug-likeness (QED) is 0.832. The Morgan fingerprint density at radius 2 is 1.86 bits per heavy atom. The summed E-state index contributed by atoms with van der Waals surface area (Å²) in [5.41, 5.74) is 0.291. The highest BCUT2D eigenvalue weighted by Crippen LogP contribution is 2.27. The third kappa shape index (κ3) is 3.86. The number of carbonyl (C=O) groups excluding carboxylic acids is 1. The molecule has 1 N–H and O–H groups in total. The van der Waals surface area contributed by atoms with Crippen LogP contribution in [0.15, 0.2) is 41.3 Å². The number of benzene rings is 1. The van der Waals surface area contributed by atoms with Gasteiger partial charge in [-0.15, -0.1) is 11.3 Å². The minimum Gasteiger partial charge on any atom is -0.465 e. The average molecular weight is 360 g/mol. The number of methoxy groups -OCH3 is 1. The van der Waals surface area contributed by atoms with E-state index >= 15 is 0 Å². The van der Waals surface area contributed by atoms with Crippen LogP contribution in [0.3, 0.4) is 0 Å². The van der Waals surface area contributed by atoms with Crippen molar-refractivity contribution in [3.8, 4) is 0 Å². The number of hydrogen-bond acceptors (Lipinski definition) is 5. The standard InChI is InChI=1S/C14H14ClNO4S2/c1-9(12-7-8-13(15)21-12)16-22(18,19)11-5-3-10(4-6-11)14(17)20-2/h3-9,16H,1-2H3. The summed E-state index contributed by atoms with van der Waals surface area (Å²) < 4.78 is 32.4. The Kier molecular flexibility index (Phi) is 5.23. The van der Waals surface area contributed by atoms with Crippen LogP contribution in [0.5, 0.6) is 0 Å². The molecule has 1 unspecified atom stereocenters. The zero-order valence-electron chi connectivity index (χ0n) is 11.9. The number of hydrogen-bond donors (Lipinski definition) is 1. The first-order chi connectivity index (χ1) is 10.3. The van der Waals surface area contributed by atoms with Crippen LogP contribution in [0.4, 0.5) is 0 Å². The first-order valence-electron chi connectivity index (χ1n) is 6.29. The van der Waals surface area contributed by atoms with Crippen LogP contribution in [0.25, 0.3) is 0 Å². The van der Waals surface area contributed by atoms with E-state index in [2.05, 4.69) is 9.46 Å². The molecule has 0 saturated carbocycles. The number of halogens is 1. The van der Waals surface area contributed by atoms with Crippen molar-refractivity contribution in [1.29, 1.82) is 0 Å². The second-order valence-electron chi connectivity index (χ2n) is 4.50. The molecule has 0 saturated heterocycles. The van der Waals surface area contributed by atoms with Crippen LogP contribution in [0.2, 0.25) is 4.34 Å². The molecule has 118 valence electrons. The number of rotatable bonds is 5. The summed E-state index contributed by atoms with van der Waals surface area (Å²) in [5.74, 6) is -0.515. The summed E-state index contributed by atoms with van der Waals surface area (Å²) in [6, 6.07) is 8.65. The first-order valence-corrected chi connectivity index (χ1v) is 8.97. The van der Waals surface area contributed by atoms with Gasteiger partial charge in [-0.05, 0) is 43.3 Å². The second-order valence-corrected chi connectivity index (χ2v) is 7.96. The van der Waals surface area contributed by atoms with Gasteiger partial charge in [0.2, 0.25) is 10.0 Å². The molecular weight excluding hydrogens is 346 g/mol. The predicted molar refractivity (Wildman–Crippen MR) is 85.8 cm³/mol. The molecule has 0 aliphatic rings. The van der Waals surface area contributed by atoms with Gasteiger partial charge in [-0.25, -0.2) is 17.9 Å². The van der Waals surface area contributed by atoms with Gasteiger partial charge in [0.15, 0.2) is 0 Å². The molecule has 0 aliphatic heterocycles. The predicted octanol–water partition coefficient (Wildman–Crippen LogP) is 3.23. The smallest absolute Gasteiger partial charge is 0.337 e. The highest BCUT2D eigenvalue weighted by Gasteiger charge is 2.20. The van der Waals surface area contributed by atoms with E-state index in [1.807, 2.05) is 0 Å². The van der Waals surface area contributed by atoms with Gasteiger partial charge in [0.1, 0.15) is 0 Å². The summed E-state index contributed by atoms with van der Waals surface area (Å²) in [6.07, 6.45) is 0. The van der Waals surface area contributed by atoms with Crippen LogP contribution in [0, 0.1) is 0 Å². The summed E-state index contributed by atoms with van der Waals surface area (Å²) in [6.45, 7) is 1.74. The number of nitrogens with one attached hydrogen (secondary N) is 1. The van der Waals surface area contributed by atoms with Gasteiger partial charge in [0, 0.05) is 4.88 Å². The van der Waals surface area contributed by atoms with Crippen molar-refractivity contribution in [1.82, 2.24) is 4.72 Å². The van der Waals surface area contributed by atoms with Crippen molar-refractivity contribution in [3.05, 3.63) is 51.2 Å².